The average Bonchev–Trinajstić information content (AvgIpc) is 2.27. The van der Waals surface area contributed by atoms with Gasteiger partial charge in [-0.05, 0) is 39.1 Å². The third-order valence-corrected chi connectivity index (χ3v) is 3.09. The lowest BCUT2D eigenvalue weighted by atomic mass is 10.1. The summed E-state index contributed by atoms with van der Waals surface area (Å²) >= 11 is 0. The van der Waals surface area contributed by atoms with Crippen molar-refractivity contribution >= 4 is 27.5 Å². The first-order valence-corrected chi connectivity index (χ1v) is 7.09. The second-order valence-corrected chi connectivity index (χ2v) is 5.85. The summed E-state index contributed by atoms with van der Waals surface area (Å²) in [7, 11) is -2.15. The Bertz CT molecular complexity index is 569. The van der Waals surface area contributed by atoms with E-state index in [1.807, 2.05) is 0 Å². The van der Waals surface area contributed by atoms with Crippen LogP contribution in [0.1, 0.15) is 13.8 Å². The molecular weight excluding hydrogens is 268 g/mol. The first kappa shape index (κ1) is 15.4. The van der Waals surface area contributed by atoms with Gasteiger partial charge in [0.1, 0.15) is 0 Å². The van der Waals surface area contributed by atoms with Crippen LogP contribution in [0.5, 0.6) is 0 Å². The van der Waals surface area contributed by atoms with Crippen LogP contribution in [0.25, 0.3) is 0 Å². The Morgan fingerprint density at radius 3 is 2.37 bits per heavy atom. The van der Waals surface area contributed by atoms with Crippen molar-refractivity contribution in [1.82, 2.24) is 5.32 Å². The summed E-state index contributed by atoms with van der Waals surface area (Å²) < 4.78 is 23.9. The maximum absolute atomic E-state index is 11.9. The summed E-state index contributed by atoms with van der Waals surface area (Å²) in [5.74, 6) is -0.234. The van der Waals surface area contributed by atoms with Crippen LogP contribution in [-0.2, 0) is 15.0 Å². The zero-order valence-corrected chi connectivity index (χ0v) is 11.8. The Labute approximate surface area is 112 Å². The van der Waals surface area contributed by atoms with Gasteiger partial charge in [0.25, 0.3) is 10.2 Å². The molecule has 8 heteroatoms. The zero-order valence-electron chi connectivity index (χ0n) is 11.0. The molecule has 5 N–H and O–H groups in total. The van der Waals surface area contributed by atoms with Gasteiger partial charge in [0.2, 0.25) is 5.91 Å². The van der Waals surface area contributed by atoms with Crippen molar-refractivity contribution < 1.29 is 13.2 Å². The number of hydrogen-bond donors (Lipinski definition) is 4. The van der Waals surface area contributed by atoms with Gasteiger partial charge in [-0.2, -0.15) is 8.42 Å². The number of nitrogens with one attached hydrogen (secondary N) is 3. The predicted octanol–water partition coefficient (Wildman–Crippen LogP) is 0.239. The Balaban J connectivity index is 2.87. The molecule has 7 nitrogen and oxygen atoms in total. The smallest absolute Gasteiger partial charge is 0.296 e. The fourth-order valence-corrected chi connectivity index (χ4v) is 1.68. The van der Waals surface area contributed by atoms with E-state index in [-0.39, 0.29) is 11.6 Å². The first-order valence-electron chi connectivity index (χ1n) is 5.55. The molecule has 106 valence electrons. The molecule has 0 saturated heterocycles. The van der Waals surface area contributed by atoms with Gasteiger partial charge in [0, 0.05) is 5.69 Å². The topological polar surface area (TPSA) is 113 Å². The van der Waals surface area contributed by atoms with E-state index >= 15 is 0 Å². The van der Waals surface area contributed by atoms with Crippen LogP contribution in [0.2, 0.25) is 0 Å². The molecule has 0 heterocycles. The van der Waals surface area contributed by atoms with Crippen molar-refractivity contribution in [1.29, 1.82) is 0 Å². The fraction of sp³-hybridized carbons (Fsp3) is 0.364. The zero-order chi connectivity index (χ0) is 14.7. The van der Waals surface area contributed by atoms with Gasteiger partial charge in [-0.3, -0.25) is 9.52 Å². The van der Waals surface area contributed by atoms with Crippen molar-refractivity contribution in [2.24, 2.45) is 5.14 Å². The van der Waals surface area contributed by atoms with Crippen LogP contribution in [0.15, 0.2) is 24.3 Å². The lowest BCUT2D eigenvalue weighted by Gasteiger charge is -2.22. The summed E-state index contributed by atoms with van der Waals surface area (Å²) in [6, 6.07) is 6.27. The fourth-order valence-electron chi connectivity index (χ4n) is 1.23. The van der Waals surface area contributed by atoms with E-state index in [2.05, 4.69) is 15.4 Å². The largest absolute Gasteiger partial charge is 0.324 e. The highest BCUT2D eigenvalue weighted by Crippen LogP contribution is 2.17. The minimum absolute atomic E-state index is 0.234. The number of amides is 1. The molecule has 0 aromatic heterocycles. The van der Waals surface area contributed by atoms with Gasteiger partial charge in [-0.1, -0.05) is 6.07 Å². The number of carbonyl (C=O) groups is 1. The van der Waals surface area contributed by atoms with Crippen molar-refractivity contribution in [3.8, 4) is 0 Å². The summed E-state index contributed by atoms with van der Waals surface area (Å²) in [5.41, 5.74) is 0.0214. The molecule has 0 unspecified atom stereocenters. The molecule has 0 bridgehead atoms. The highest BCUT2D eigenvalue weighted by molar-refractivity contribution is 7.90. The van der Waals surface area contributed by atoms with Crippen molar-refractivity contribution in [2.45, 2.75) is 19.4 Å². The number of nitrogens with two attached hydrogens (primary N) is 1. The minimum Gasteiger partial charge on any atom is -0.324 e. The molecule has 1 amide bonds. The average molecular weight is 286 g/mol. The first-order chi connectivity index (χ1) is 8.64. The molecule has 0 spiro atoms. The standard InChI is InChI=1S/C11H18N4O3S/c1-11(2,13-3)10(16)14-8-5-4-6-9(7-8)15-19(12,17)18/h4-7,13,15H,1-3H3,(H,14,16)(H2,12,17,18). The molecule has 1 rings (SSSR count). The molecule has 19 heavy (non-hydrogen) atoms. The van der Waals surface area contributed by atoms with Gasteiger partial charge in [0.15, 0.2) is 0 Å². The molecule has 1 aromatic carbocycles. The van der Waals surface area contributed by atoms with Crippen LogP contribution in [-0.4, -0.2) is 26.9 Å². The van der Waals surface area contributed by atoms with Crippen LogP contribution in [0.4, 0.5) is 11.4 Å². The maximum Gasteiger partial charge on any atom is 0.296 e. The van der Waals surface area contributed by atoms with E-state index in [0.29, 0.717) is 5.69 Å². The summed E-state index contributed by atoms with van der Waals surface area (Å²) in [6.45, 7) is 3.46. The van der Waals surface area contributed by atoms with Crippen LogP contribution < -0.4 is 20.5 Å². The Morgan fingerprint density at radius 1 is 1.26 bits per heavy atom. The molecular formula is C11H18N4O3S. The van der Waals surface area contributed by atoms with Crippen LogP contribution in [0, 0.1) is 0 Å². The number of rotatable bonds is 5. The molecule has 0 aliphatic heterocycles. The SMILES string of the molecule is CNC(C)(C)C(=O)Nc1cccc(NS(N)(=O)=O)c1. The van der Waals surface area contributed by atoms with E-state index in [1.165, 1.54) is 12.1 Å². The number of benzene rings is 1. The van der Waals surface area contributed by atoms with Crippen molar-refractivity contribution in [3.63, 3.8) is 0 Å². The van der Waals surface area contributed by atoms with Gasteiger partial charge in [-0.15, -0.1) is 0 Å². The van der Waals surface area contributed by atoms with E-state index < -0.39 is 15.7 Å². The Kier molecular flexibility index (Phi) is 4.51. The molecule has 0 aliphatic carbocycles. The third kappa shape index (κ3) is 4.86. The predicted molar refractivity (Wildman–Crippen MR) is 74.9 cm³/mol. The molecule has 1 aromatic rings. The van der Waals surface area contributed by atoms with E-state index in [0.717, 1.165) is 0 Å². The van der Waals surface area contributed by atoms with Gasteiger partial charge >= 0.3 is 0 Å². The number of carbonyl (C=O) groups excluding carboxylic acids is 1. The molecule has 0 aliphatic rings. The van der Waals surface area contributed by atoms with Gasteiger partial charge < -0.3 is 10.6 Å². The minimum atomic E-state index is -3.83. The summed E-state index contributed by atoms with van der Waals surface area (Å²) in [6.07, 6.45) is 0. The van der Waals surface area contributed by atoms with Crippen LogP contribution >= 0.6 is 0 Å². The second-order valence-electron chi connectivity index (χ2n) is 4.56. The molecule has 0 saturated carbocycles. The highest BCUT2D eigenvalue weighted by Gasteiger charge is 2.25. The van der Waals surface area contributed by atoms with Crippen molar-refractivity contribution in [2.75, 3.05) is 17.1 Å². The quantitative estimate of drug-likeness (QED) is 0.621. The normalized spacial score (nSPS) is 12.0. The number of anilines is 2. The Hall–Kier alpha value is -1.64. The van der Waals surface area contributed by atoms with E-state index in [4.69, 9.17) is 5.14 Å². The lowest BCUT2D eigenvalue weighted by molar-refractivity contribution is -0.121. The Morgan fingerprint density at radius 2 is 1.84 bits per heavy atom. The van der Waals surface area contributed by atoms with Gasteiger partial charge in [-0.25, -0.2) is 5.14 Å². The van der Waals surface area contributed by atoms with E-state index in [9.17, 15) is 13.2 Å². The maximum atomic E-state index is 11.9. The monoisotopic (exact) mass is 286 g/mol. The molecule has 0 fully saturated rings. The second kappa shape index (κ2) is 5.55. The van der Waals surface area contributed by atoms with E-state index in [1.54, 1.807) is 33.0 Å². The molecule has 0 radical (unpaired) electrons. The van der Waals surface area contributed by atoms with Crippen LogP contribution in [0.3, 0.4) is 0 Å². The van der Waals surface area contributed by atoms with Gasteiger partial charge in [0.05, 0.1) is 11.2 Å². The number of hydrogen-bond acceptors (Lipinski definition) is 4. The highest BCUT2D eigenvalue weighted by atomic mass is 32.2. The lowest BCUT2D eigenvalue weighted by Crippen LogP contribution is -2.47. The third-order valence-electron chi connectivity index (χ3n) is 2.57. The van der Waals surface area contributed by atoms with Crippen molar-refractivity contribution in [3.05, 3.63) is 24.3 Å². The number of likely N-dealkylation sites (N-methyl/N-ethyl adjacent to an activating group) is 1. The molecule has 0 atom stereocenters. The summed E-state index contributed by atoms with van der Waals surface area (Å²) in [5, 5.41) is 10.4. The summed E-state index contributed by atoms with van der Waals surface area (Å²) in [4.78, 5) is 11.9.